The van der Waals surface area contributed by atoms with Crippen molar-refractivity contribution in [1.82, 2.24) is 15.2 Å². The molecule has 0 fully saturated rings. The summed E-state index contributed by atoms with van der Waals surface area (Å²) in [6.07, 6.45) is 6.07. The Morgan fingerprint density at radius 3 is 2.89 bits per heavy atom. The molecule has 3 heteroatoms. The summed E-state index contributed by atoms with van der Waals surface area (Å²) in [6.45, 7) is 4.37. The van der Waals surface area contributed by atoms with E-state index >= 15 is 0 Å². The van der Waals surface area contributed by atoms with Crippen LogP contribution >= 0.6 is 0 Å². The molecule has 1 aromatic carbocycles. The summed E-state index contributed by atoms with van der Waals surface area (Å²) in [5, 5.41) is 8.25. The molecule has 0 saturated carbocycles. The van der Waals surface area contributed by atoms with Crippen LogP contribution in [-0.4, -0.2) is 15.2 Å². The molecule has 1 N–H and O–H groups in total. The summed E-state index contributed by atoms with van der Waals surface area (Å²) < 4.78 is 0. The van der Waals surface area contributed by atoms with E-state index in [0.29, 0.717) is 0 Å². The van der Waals surface area contributed by atoms with Gasteiger partial charge in [-0.3, -0.25) is 5.10 Å². The van der Waals surface area contributed by atoms with E-state index < -0.39 is 0 Å². The second kappa shape index (κ2) is 3.67. The molecule has 0 amide bonds. The highest BCUT2D eigenvalue weighted by molar-refractivity contribution is 5.96. The number of aromatic nitrogens is 3. The smallest absolute Gasteiger partial charge is 0.155 e. The van der Waals surface area contributed by atoms with Crippen LogP contribution in [0.5, 0.6) is 0 Å². The van der Waals surface area contributed by atoms with Crippen LogP contribution in [-0.2, 0) is 12.8 Å². The molecule has 0 bridgehead atoms. The van der Waals surface area contributed by atoms with Crippen LogP contribution in [0.3, 0.4) is 0 Å². The van der Waals surface area contributed by atoms with Crippen molar-refractivity contribution >= 4 is 11.0 Å². The van der Waals surface area contributed by atoms with Gasteiger partial charge in [-0.05, 0) is 54.5 Å². The summed E-state index contributed by atoms with van der Waals surface area (Å²) in [5.41, 5.74) is 9.11. The molecule has 19 heavy (non-hydrogen) atoms. The molecule has 0 atom stereocenters. The first-order chi connectivity index (χ1) is 9.24. The maximum absolute atomic E-state index is 4.45. The second-order valence-corrected chi connectivity index (χ2v) is 5.40. The lowest BCUT2D eigenvalue weighted by molar-refractivity contribution is 0.924. The Kier molecular flexibility index (Phi) is 2.07. The van der Waals surface area contributed by atoms with Gasteiger partial charge in [0, 0.05) is 11.6 Å². The fraction of sp³-hybridized carbons (Fsp3) is 0.250. The van der Waals surface area contributed by atoms with Gasteiger partial charge in [-0.15, -0.1) is 0 Å². The van der Waals surface area contributed by atoms with E-state index in [2.05, 4.69) is 41.2 Å². The van der Waals surface area contributed by atoms with Crippen LogP contribution in [0, 0.1) is 13.8 Å². The molecule has 1 aliphatic carbocycles. The number of hydrogen-bond donors (Lipinski definition) is 1. The molecular formula is C16H15N3. The van der Waals surface area contributed by atoms with E-state index in [1.165, 1.54) is 33.4 Å². The number of nitrogens with zero attached hydrogens (tertiary/aromatic N) is 2. The zero-order valence-corrected chi connectivity index (χ0v) is 11.1. The molecule has 0 spiro atoms. The first-order valence-electron chi connectivity index (χ1n) is 6.65. The summed E-state index contributed by atoms with van der Waals surface area (Å²) >= 11 is 0. The first-order valence-corrected chi connectivity index (χ1v) is 6.65. The van der Waals surface area contributed by atoms with Crippen molar-refractivity contribution < 1.29 is 0 Å². The Labute approximate surface area is 111 Å². The number of fused-ring (bicyclic) bond motifs is 5. The number of pyridine rings is 1. The summed E-state index contributed by atoms with van der Waals surface area (Å²) in [6, 6.07) is 4.57. The maximum atomic E-state index is 4.45. The highest BCUT2D eigenvalue weighted by Crippen LogP contribution is 2.39. The molecule has 3 aromatic rings. The third-order valence-corrected chi connectivity index (χ3v) is 4.09. The number of H-pyrrole nitrogens is 1. The molecule has 2 heterocycles. The Balaban J connectivity index is 2.15. The van der Waals surface area contributed by atoms with Gasteiger partial charge in [0.1, 0.15) is 0 Å². The number of benzene rings is 1. The van der Waals surface area contributed by atoms with Gasteiger partial charge in [-0.1, -0.05) is 17.7 Å². The van der Waals surface area contributed by atoms with Crippen molar-refractivity contribution in [3.8, 4) is 11.1 Å². The monoisotopic (exact) mass is 249 g/mol. The minimum absolute atomic E-state index is 0.880. The maximum Gasteiger partial charge on any atom is 0.155 e. The lowest BCUT2D eigenvalue weighted by Crippen LogP contribution is -2.07. The fourth-order valence-corrected chi connectivity index (χ4v) is 3.26. The van der Waals surface area contributed by atoms with Crippen molar-refractivity contribution in [2.24, 2.45) is 0 Å². The van der Waals surface area contributed by atoms with Gasteiger partial charge >= 0.3 is 0 Å². The SMILES string of the molecule is Cc1cc(C)c2c(c1)-c1c(cnc3[nH]ncc13)CC2. The molecule has 0 aliphatic heterocycles. The average Bonchev–Trinajstić information content (AvgIpc) is 2.86. The van der Waals surface area contributed by atoms with Gasteiger partial charge in [-0.2, -0.15) is 5.10 Å². The van der Waals surface area contributed by atoms with Gasteiger partial charge in [0.2, 0.25) is 0 Å². The Morgan fingerprint density at radius 1 is 1.11 bits per heavy atom. The van der Waals surface area contributed by atoms with Crippen LogP contribution in [0.1, 0.15) is 22.3 Å². The second-order valence-electron chi connectivity index (χ2n) is 5.40. The van der Waals surface area contributed by atoms with Gasteiger partial charge in [0.25, 0.3) is 0 Å². The lowest BCUT2D eigenvalue weighted by Gasteiger charge is -2.22. The van der Waals surface area contributed by atoms with Crippen molar-refractivity contribution in [2.75, 3.05) is 0 Å². The van der Waals surface area contributed by atoms with E-state index in [-0.39, 0.29) is 0 Å². The van der Waals surface area contributed by atoms with Crippen molar-refractivity contribution in [2.45, 2.75) is 26.7 Å². The average molecular weight is 249 g/mol. The number of aromatic amines is 1. The van der Waals surface area contributed by atoms with Crippen LogP contribution < -0.4 is 0 Å². The molecular weight excluding hydrogens is 234 g/mol. The van der Waals surface area contributed by atoms with Crippen molar-refractivity contribution in [3.05, 3.63) is 46.8 Å². The third-order valence-electron chi connectivity index (χ3n) is 4.09. The molecule has 0 unspecified atom stereocenters. The van der Waals surface area contributed by atoms with E-state index in [9.17, 15) is 0 Å². The lowest BCUT2D eigenvalue weighted by atomic mass is 9.82. The highest BCUT2D eigenvalue weighted by atomic mass is 15.1. The van der Waals surface area contributed by atoms with Crippen LogP contribution in [0.2, 0.25) is 0 Å². The Morgan fingerprint density at radius 2 is 2.00 bits per heavy atom. The number of aryl methyl sites for hydroxylation is 3. The predicted octanol–water partition coefficient (Wildman–Crippen LogP) is 3.34. The minimum atomic E-state index is 0.880. The van der Waals surface area contributed by atoms with E-state index in [0.717, 1.165) is 23.9 Å². The molecule has 0 radical (unpaired) electrons. The normalized spacial score (nSPS) is 13.4. The first kappa shape index (κ1) is 10.7. The molecule has 3 nitrogen and oxygen atoms in total. The minimum Gasteiger partial charge on any atom is -0.261 e. The third kappa shape index (κ3) is 1.44. The molecule has 2 aromatic heterocycles. The fourth-order valence-electron chi connectivity index (χ4n) is 3.26. The van der Waals surface area contributed by atoms with E-state index in [1.54, 1.807) is 0 Å². The summed E-state index contributed by atoms with van der Waals surface area (Å²) in [5.74, 6) is 0. The topological polar surface area (TPSA) is 41.6 Å². The van der Waals surface area contributed by atoms with Crippen LogP contribution in [0.25, 0.3) is 22.2 Å². The van der Waals surface area contributed by atoms with Gasteiger partial charge in [0.15, 0.2) is 5.65 Å². The summed E-state index contributed by atoms with van der Waals surface area (Å²) in [4.78, 5) is 4.45. The Hall–Kier alpha value is -2.16. The molecule has 94 valence electrons. The number of hydrogen-bond acceptors (Lipinski definition) is 2. The predicted molar refractivity (Wildman–Crippen MR) is 76.2 cm³/mol. The number of nitrogens with one attached hydrogen (secondary N) is 1. The van der Waals surface area contributed by atoms with Crippen molar-refractivity contribution in [1.29, 1.82) is 0 Å². The zero-order valence-electron chi connectivity index (χ0n) is 11.1. The quantitative estimate of drug-likeness (QED) is 0.664. The van der Waals surface area contributed by atoms with E-state index in [1.807, 2.05) is 12.4 Å². The van der Waals surface area contributed by atoms with Gasteiger partial charge < -0.3 is 0 Å². The van der Waals surface area contributed by atoms with E-state index in [4.69, 9.17) is 0 Å². The largest absolute Gasteiger partial charge is 0.261 e. The zero-order chi connectivity index (χ0) is 13.0. The Bertz CT molecular complexity index is 799. The molecule has 1 aliphatic rings. The standard InChI is InChI=1S/C16H15N3/c1-9-5-10(2)12-4-3-11-7-17-16-14(8-18-19-16)15(11)13(12)6-9/h5-8H,3-4H2,1-2H3,(H,17,18,19). The molecule has 4 rings (SSSR count). The number of rotatable bonds is 0. The van der Waals surface area contributed by atoms with Crippen LogP contribution in [0.15, 0.2) is 24.5 Å². The van der Waals surface area contributed by atoms with Gasteiger partial charge in [-0.25, -0.2) is 4.98 Å². The highest BCUT2D eigenvalue weighted by Gasteiger charge is 2.21. The van der Waals surface area contributed by atoms with Crippen molar-refractivity contribution in [3.63, 3.8) is 0 Å². The van der Waals surface area contributed by atoms with Crippen LogP contribution in [0.4, 0.5) is 0 Å². The summed E-state index contributed by atoms with van der Waals surface area (Å²) in [7, 11) is 0. The van der Waals surface area contributed by atoms with Gasteiger partial charge in [0.05, 0.1) is 6.20 Å². The molecule has 0 saturated heterocycles.